The summed E-state index contributed by atoms with van der Waals surface area (Å²) in [5.74, 6) is 0.632. The van der Waals surface area contributed by atoms with Crippen molar-refractivity contribution >= 4 is 22.5 Å². The fourth-order valence-corrected chi connectivity index (χ4v) is 4.50. The Hall–Kier alpha value is -2.56. The van der Waals surface area contributed by atoms with E-state index in [1.807, 2.05) is 30.5 Å². The Kier molecular flexibility index (Phi) is 4.67. The van der Waals surface area contributed by atoms with Crippen molar-refractivity contribution in [1.82, 2.24) is 20.1 Å². The van der Waals surface area contributed by atoms with Gasteiger partial charge in [0.05, 0.1) is 11.9 Å². The maximum Gasteiger partial charge on any atom is 0.0695 e. The van der Waals surface area contributed by atoms with Gasteiger partial charge in [-0.25, -0.2) is 0 Å². The van der Waals surface area contributed by atoms with E-state index in [1.54, 1.807) is 0 Å². The van der Waals surface area contributed by atoms with Gasteiger partial charge in [-0.05, 0) is 61.2 Å². The quantitative estimate of drug-likeness (QED) is 0.477. The van der Waals surface area contributed by atoms with Gasteiger partial charge < -0.3 is 4.98 Å². The molecule has 1 aliphatic rings. The molecular formula is C23H23ClN4. The van der Waals surface area contributed by atoms with E-state index in [9.17, 15) is 0 Å². The van der Waals surface area contributed by atoms with E-state index in [2.05, 4.69) is 50.5 Å². The van der Waals surface area contributed by atoms with Crippen LogP contribution >= 0.6 is 11.6 Å². The second-order valence-corrected chi connectivity index (χ2v) is 8.05. The predicted molar refractivity (Wildman–Crippen MR) is 115 cm³/mol. The lowest BCUT2D eigenvalue weighted by molar-refractivity contribution is 0.205. The summed E-state index contributed by atoms with van der Waals surface area (Å²) in [6.07, 6.45) is 6.54. The first-order valence-electron chi connectivity index (χ1n) is 9.84. The Morgan fingerprint density at radius 2 is 1.82 bits per heavy atom. The summed E-state index contributed by atoms with van der Waals surface area (Å²) in [6, 6.07) is 16.6. The normalized spacial score (nSPS) is 16.0. The van der Waals surface area contributed by atoms with Gasteiger partial charge in [-0.3, -0.25) is 10.00 Å². The molecule has 1 saturated heterocycles. The zero-order valence-corrected chi connectivity index (χ0v) is 16.4. The van der Waals surface area contributed by atoms with Crippen LogP contribution in [0.3, 0.4) is 0 Å². The fraction of sp³-hybridized carbons (Fsp3) is 0.261. The van der Waals surface area contributed by atoms with Crippen molar-refractivity contribution in [3.63, 3.8) is 0 Å². The molecule has 1 fully saturated rings. The average Bonchev–Trinajstić information content (AvgIpc) is 3.36. The summed E-state index contributed by atoms with van der Waals surface area (Å²) in [5, 5.41) is 9.58. The summed E-state index contributed by atoms with van der Waals surface area (Å²) in [7, 11) is 0. The van der Waals surface area contributed by atoms with Crippen LogP contribution in [0.2, 0.25) is 5.02 Å². The SMILES string of the molecule is Clc1ccc(-c2[nH]ncc2CN2CCC(c3c[nH]c4ccccc34)CC2)cc1. The minimum atomic E-state index is 0.632. The number of likely N-dealkylation sites (tertiary alicyclic amines) is 1. The first-order chi connectivity index (χ1) is 13.8. The standard InChI is InChI=1S/C23H23ClN4/c24-19-7-5-17(6-8-19)23-18(13-26-27-23)15-28-11-9-16(10-12-28)21-14-25-22-4-2-1-3-20(21)22/h1-8,13-14,16,25H,9-12,15H2,(H,26,27). The minimum absolute atomic E-state index is 0.632. The van der Waals surface area contributed by atoms with Crippen LogP contribution in [-0.2, 0) is 6.54 Å². The number of rotatable bonds is 4. The Morgan fingerprint density at radius 3 is 2.64 bits per heavy atom. The molecule has 4 nitrogen and oxygen atoms in total. The van der Waals surface area contributed by atoms with E-state index >= 15 is 0 Å². The van der Waals surface area contributed by atoms with Crippen molar-refractivity contribution in [2.24, 2.45) is 0 Å². The first-order valence-corrected chi connectivity index (χ1v) is 10.2. The Morgan fingerprint density at radius 1 is 1.04 bits per heavy atom. The number of nitrogens with zero attached hydrogens (tertiary/aromatic N) is 2. The number of hydrogen-bond acceptors (Lipinski definition) is 2. The molecule has 4 aromatic rings. The molecule has 2 aromatic carbocycles. The highest BCUT2D eigenvalue weighted by molar-refractivity contribution is 6.30. The van der Waals surface area contributed by atoms with Gasteiger partial charge in [0.25, 0.3) is 0 Å². The molecular weight excluding hydrogens is 368 g/mol. The second kappa shape index (κ2) is 7.46. The topological polar surface area (TPSA) is 47.7 Å². The molecule has 0 atom stereocenters. The van der Waals surface area contributed by atoms with Crippen LogP contribution in [0.25, 0.3) is 22.2 Å². The lowest BCUT2D eigenvalue weighted by Gasteiger charge is -2.31. The van der Waals surface area contributed by atoms with E-state index in [-0.39, 0.29) is 0 Å². The lowest BCUT2D eigenvalue weighted by Crippen LogP contribution is -2.32. The van der Waals surface area contributed by atoms with Crippen molar-refractivity contribution in [3.05, 3.63) is 77.1 Å². The van der Waals surface area contributed by atoms with Gasteiger partial charge >= 0.3 is 0 Å². The molecule has 0 unspecified atom stereocenters. The molecule has 1 aliphatic heterocycles. The number of aromatic amines is 2. The van der Waals surface area contributed by atoms with Crippen LogP contribution in [0.15, 0.2) is 60.9 Å². The number of piperidine rings is 1. The third-order valence-electron chi connectivity index (χ3n) is 5.89. The Balaban J connectivity index is 1.27. The van der Waals surface area contributed by atoms with Gasteiger partial charge in [0.2, 0.25) is 0 Å². The molecule has 0 radical (unpaired) electrons. The van der Waals surface area contributed by atoms with Gasteiger partial charge in [0.1, 0.15) is 0 Å². The third kappa shape index (κ3) is 3.34. The molecule has 28 heavy (non-hydrogen) atoms. The van der Waals surface area contributed by atoms with Crippen molar-refractivity contribution in [1.29, 1.82) is 0 Å². The number of fused-ring (bicyclic) bond motifs is 1. The number of hydrogen-bond donors (Lipinski definition) is 2. The number of aromatic nitrogens is 3. The highest BCUT2D eigenvalue weighted by Crippen LogP contribution is 2.34. The van der Waals surface area contributed by atoms with E-state index in [0.717, 1.165) is 35.9 Å². The molecule has 3 heterocycles. The summed E-state index contributed by atoms with van der Waals surface area (Å²) in [4.78, 5) is 5.96. The van der Waals surface area contributed by atoms with Crippen LogP contribution in [0, 0.1) is 0 Å². The highest BCUT2D eigenvalue weighted by atomic mass is 35.5. The summed E-state index contributed by atoms with van der Waals surface area (Å²) >= 11 is 6.02. The highest BCUT2D eigenvalue weighted by Gasteiger charge is 2.23. The van der Waals surface area contributed by atoms with Crippen LogP contribution in [0.4, 0.5) is 0 Å². The molecule has 2 aromatic heterocycles. The largest absolute Gasteiger partial charge is 0.361 e. The van der Waals surface area contributed by atoms with Gasteiger partial charge in [-0.15, -0.1) is 0 Å². The molecule has 0 amide bonds. The first kappa shape index (κ1) is 17.5. The van der Waals surface area contributed by atoms with Gasteiger partial charge in [0.15, 0.2) is 0 Å². The van der Waals surface area contributed by atoms with Crippen molar-refractivity contribution < 1.29 is 0 Å². The van der Waals surface area contributed by atoms with Gasteiger partial charge in [-0.2, -0.15) is 5.10 Å². The van der Waals surface area contributed by atoms with Crippen molar-refractivity contribution in [3.8, 4) is 11.3 Å². The van der Waals surface area contributed by atoms with Crippen molar-refractivity contribution in [2.45, 2.75) is 25.3 Å². The zero-order valence-electron chi connectivity index (χ0n) is 15.7. The van der Waals surface area contributed by atoms with Gasteiger partial charge in [0, 0.05) is 34.2 Å². The van der Waals surface area contributed by atoms with Crippen LogP contribution in [-0.4, -0.2) is 33.2 Å². The van der Waals surface area contributed by atoms with Crippen LogP contribution in [0.5, 0.6) is 0 Å². The van der Waals surface area contributed by atoms with Gasteiger partial charge in [-0.1, -0.05) is 41.9 Å². The maximum atomic E-state index is 6.02. The molecule has 2 N–H and O–H groups in total. The zero-order chi connectivity index (χ0) is 18.9. The minimum Gasteiger partial charge on any atom is -0.361 e. The summed E-state index contributed by atoms with van der Waals surface area (Å²) in [6.45, 7) is 3.14. The van der Waals surface area contributed by atoms with Crippen molar-refractivity contribution in [2.75, 3.05) is 13.1 Å². The number of halogens is 1. The third-order valence-corrected chi connectivity index (χ3v) is 6.15. The lowest BCUT2D eigenvalue weighted by atomic mass is 9.89. The number of nitrogens with one attached hydrogen (secondary N) is 2. The number of benzene rings is 2. The fourth-order valence-electron chi connectivity index (χ4n) is 4.37. The molecule has 0 spiro atoms. The second-order valence-electron chi connectivity index (χ2n) is 7.62. The molecule has 0 saturated carbocycles. The molecule has 142 valence electrons. The van der Waals surface area contributed by atoms with E-state index in [0.29, 0.717) is 5.92 Å². The van der Waals surface area contributed by atoms with E-state index in [1.165, 1.54) is 34.9 Å². The predicted octanol–water partition coefficient (Wildman–Crippen LogP) is 5.59. The Labute approximate surface area is 169 Å². The van der Waals surface area contributed by atoms with Crippen LogP contribution < -0.4 is 0 Å². The summed E-state index contributed by atoms with van der Waals surface area (Å²) < 4.78 is 0. The van der Waals surface area contributed by atoms with Crippen LogP contribution in [0.1, 0.15) is 29.9 Å². The molecule has 5 heteroatoms. The van der Waals surface area contributed by atoms with E-state index < -0.39 is 0 Å². The molecule has 0 aliphatic carbocycles. The Bertz CT molecular complexity index is 1070. The average molecular weight is 391 g/mol. The maximum absolute atomic E-state index is 6.02. The molecule has 5 rings (SSSR count). The number of H-pyrrole nitrogens is 2. The summed E-state index contributed by atoms with van der Waals surface area (Å²) in [5.41, 5.74) is 6.18. The van der Waals surface area contributed by atoms with E-state index in [4.69, 9.17) is 11.6 Å². The molecule has 0 bridgehead atoms. The smallest absolute Gasteiger partial charge is 0.0695 e. The monoisotopic (exact) mass is 390 g/mol. The number of para-hydroxylation sites is 1.